The van der Waals surface area contributed by atoms with Crippen LogP contribution >= 0.6 is 23.4 Å². The van der Waals surface area contributed by atoms with Crippen molar-refractivity contribution in [3.8, 4) is 0 Å². The lowest BCUT2D eigenvalue weighted by atomic mass is 10.2. The average Bonchev–Trinajstić information content (AvgIpc) is 2.88. The summed E-state index contributed by atoms with van der Waals surface area (Å²) in [7, 11) is 0. The Morgan fingerprint density at radius 2 is 1.75 bits per heavy atom. The molecule has 4 rings (SSSR count). The molecule has 0 radical (unpaired) electrons. The van der Waals surface area contributed by atoms with Crippen molar-refractivity contribution >= 4 is 57.7 Å². The molecular weight excluding hydrogens is 498 g/mol. The van der Waals surface area contributed by atoms with Crippen LogP contribution in [0.25, 0.3) is 0 Å². The van der Waals surface area contributed by atoms with Crippen LogP contribution in [0.3, 0.4) is 0 Å². The van der Waals surface area contributed by atoms with Gasteiger partial charge in [-0.2, -0.15) is 0 Å². The van der Waals surface area contributed by atoms with Gasteiger partial charge in [-0.25, -0.2) is 9.79 Å². The number of nitrogens with zero attached hydrogens (tertiary/aromatic N) is 2. The minimum atomic E-state index is -0.642. The van der Waals surface area contributed by atoms with Gasteiger partial charge in [0.15, 0.2) is 5.17 Å². The zero-order valence-corrected chi connectivity index (χ0v) is 21.1. The first-order valence-corrected chi connectivity index (χ1v) is 12.6. The summed E-state index contributed by atoms with van der Waals surface area (Å²) in [5.74, 6) is -0.893. The maximum absolute atomic E-state index is 13.2. The second-order valence-corrected chi connectivity index (χ2v) is 9.54. The molecule has 0 unspecified atom stereocenters. The second-order valence-electron chi connectivity index (χ2n) is 7.93. The van der Waals surface area contributed by atoms with Gasteiger partial charge in [0, 0.05) is 17.1 Å². The zero-order valence-electron chi connectivity index (χ0n) is 19.5. The van der Waals surface area contributed by atoms with Crippen LogP contribution in [0.1, 0.15) is 29.3 Å². The number of halogens is 1. The Morgan fingerprint density at radius 1 is 1.06 bits per heavy atom. The van der Waals surface area contributed by atoms with Crippen molar-refractivity contribution in [3.63, 3.8) is 0 Å². The fraction of sp³-hybridized carbons (Fsp3) is 0.185. The number of carbonyl (C=O) groups excluding carboxylic acids is 3. The first kappa shape index (κ1) is 25.5. The maximum atomic E-state index is 13.2. The number of ether oxygens (including phenoxy) is 1. The van der Waals surface area contributed by atoms with Crippen LogP contribution in [-0.2, 0) is 20.9 Å². The number of esters is 1. The van der Waals surface area contributed by atoms with Gasteiger partial charge in [-0.1, -0.05) is 53.7 Å². The zero-order chi connectivity index (χ0) is 25.5. The Balaban J connectivity index is 1.60. The Kier molecular flexibility index (Phi) is 8.40. The first-order valence-electron chi connectivity index (χ1n) is 11.4. The van der Waals surface area contributed by atoms with Gasteiger partial charge in [-0.3, -0.25) is 14.5 Å². The molecule has 1 aliphatic rings. The van der Waals surface area contributed by atoms with Crippen molar-refractivity contribution in [1.29, 1.82) is 0 Å². The highest BCUT2D eigenvalue weighted by Gasteiger charge is 2.36. The molecule has 2 amide bonds. The van der Waals surface area contributed by atoms with Gasteiger partial charge in [-0.15, -0.1) is 0 Å². The van der Waals surface area contributed by atoms with E-state index in [0.717, 1.165) is 5.56 Å². The topological polar surface area (TPSA) is 88.1 Å². The molecule has 1 atom stereocenters. The van der Waals surface area contributed by atoms with Gasteiger partial charge in [0.25, 0.3) is 0 Å². The number of rotatable bonds is 7. The number of hydrogen-bond acceptors (Lipinski definition) is 6. The molecule has 3 aromatic rings. The normalized spacial score (nSPS) is 16.6. The second kappa shape index (κ2) is 11.9. The molecule has 7 nitrogen and oxygen atoms in total. The van der Waals surface area contributed by atoms with E-state index in [2.05, 4.69) is 10.3 Å². The molecule has 0 aliphatic carbocycles. The van der Waals surface area contributed by atoms with Crippen LogP contribution in [0.2, 0.25) is 5.02 Å². The number of aliphatic imine (C=N–C) groups is 1. The van der Waals surface area contributed by atoms with E-state index >= 15 is 0 Å². The molecule has 1 aliphatic heterocycles. The van der Waals surface area contributed by atoms with E-state index in [1.165, 1.54) is 11.8 Å². The van der Waals surface area contributed by atoms with Crippen LogP contribution in [0.5, 0.6) is 0 Å². The maximum Gasteiger partial charge on any atom is 0.338 e. The van der Waals surface area contributed by atoms with Crippen LogP contribution < -0.4 is 5.32 Å². The van der Waals surface area contributed by atoms with Crippen molar-refractivity contribution in [2.75, 3.05) is 11.9 Å². The number of hydrogen-bond donors (Lipinski definition) is 1. The highest BCUT2D eigenvalue weighted by Crippen LogP contribution is 2.31. The Hall–Kier alpha value is -3.62. The summed E-state index contributed by atoms with van der Waals surface area (Å²) in [6.45, 7) is 2.32. The average molecular weight is 522 g/mol. The van der Waals surface area contributed by atoms with Crippen LogP contribution in [0, 0.1) is 0 Å². The molecule has 184 valence electrons. The number of carbonyl (C=O) groups is 3. The lowest BCUT2D eigenvalue weighted by Crippen LogP contribution is -2.44. The predicted octanol–water partition coefficient (Wildman–Crippen LogP) is 5.68. The largest absolute Gasteiger partial charge is 0.462 e. The molecule has 0 saturated carbocycles. The first-order chi connectivity index (χ1) is 17.4. The fourth-order valence-corrected chi connectivity index (χ4v) is 4.73. The van der Waals surface area contributed by atoms with Crippen LogP contribution in [0.4, 0.5) is 11.4 Å². The van der Waals surface area contributed by atoms with Crippen LogP contribution in [-0.4, -0.2) is 39.7 Å². The highest BCUT2D eigenvalue weighted by atomic mass is 35.5. The van der Waals surface area contributed by atoms with Gasteiger partial charge in [-0.05, 0) is 61.0 Å². The summed E-state index contributed by atoms with van der Waals surface area (Å²) < 4.78 is 5.03. The number of amidine groups is 1. The van der Waals surface area contributed by atoms with E-state index in [9.17, 15) is 14.4 Å². The molecule has 1 heterocycles. The standard InChI is InChI=1S/C27H24ClN3O4S/c1-2-35-26(34)19-10-14-22(15-11-19)30-27-31(17-18-8-12-20(28)13-9-18)24(32)16-23(36-27)25(33)29-21-6-4-3-5-7-21/h3-15,23H,2,16-17H2,1H3,(H,29,33)/t23-/m1/s1. The summed E-state index contributed by atoms with van der Waals surface area (Å²) in [5.41, 5.74) is 2.49. The molecule has 1 fully saturated rings. The third kappa shape index (κ3) is 6.53. The summed E-state index contributed by atoms with van der Waals surface area (Å²) in [6, 6.07) is 22.9. The fourth-order valence-electron chi connectivity index (χ4n) is 3.51. The smallest absolute Gasteiger partial charge is 0.338 e. The Bertz CT molecular complexity index is 1260. The number of thioether (sulfide) groups is 1. The van der Waals surface area contributed by atoms with Gasteiger partial charge >= 0.3 is 5.97 Å². The lowest BCUT2D eigenvalue weighted by Gasteiger charge is -2.32. The summed E-state index contributed by atoms with van der Waals surface area (Å²) in [5, 5.41) is 3.23. The molecule has 0 bridgehead atoms. The van der Waals surface area contributed by atoms with E-state index in [1.807, 2.05) is 30.3 Å². The van der Waals surface area contributed by atoms with E-state index in [-0.39, 0.29) is 31.4 Å². The highest BCUT2D eigenvalue weighted by molar-refractivity contribution is 8.15. The lowest BCUT2D eigenvalue weighted by molar-refractivity contribution is -0.129. The minimum absolute atomic E-state index is 0.0394. The number of para-hydroxylation sites is 1. The molecular formula is C27H24ClN3O4S. The monoisotopic (exact) mass is 521 g/mol. The summed E-state index contributed by atoms with van der Waals surface area (Å²) in [4.78, 5) is 44.4. The molecule has 1 saturated heterocycles. The minimum Gasteiger partial charge on any atom is -0.462 e. The van der Waals surface area contributed by atoms with E-state index in [4.69, 9.17) is 16.3 Å². The number of nitrogens with one attached hydrogen (secondary N) is 1. The van der Waals surface area contributed by atoms with Crippen molar-refractivity contribution in [2.24, 2.45) is 4.99 Å². The quantitative estimate of drug-likeness (QED) is 0.404. The van der Waals surface area contributed by atoms with Gasteiger partial charge in [0.1, 0.15) is 5.25 Å². The predicted molar refractivity (Wildman–Crippen MR) is 143 cm³/mol. The van der Waals surface area contributed by atoms with Crippen molar-refractivity contribution in [3.05, 3.63) is 95.0 Å². The summed E-state index contributed by atoms with van der Waals surface area (Å²) in [6.07, 6.45) is 0.0394. The van der Waals surface area contributed by atoms with E-state index < -0.39 is 11.2 Å². The Morgan fingerprint density at radius 3 is 2.42 bits per heavy atom. The van der Waals surface area contributed by atoms with E-state index in [0.29, 0.717) is 27.1 Å². The van der Waals surface area contributed by atoms with Crippen LogP contribution in [0.15, 0.2) is 83.9 Å². The van der Waals surface area contributed by atoms with Gasteiger partial charge in [0.2, 0.25) is 11.8 Å². The number of amides is 2. The van der Waals surface area contributed by atoms with Gasteiger partial charge in [0.05, 0.1) is 24.4 Å². The summed E-state index contributed by atoms with van der Waals surface area (Å²) >= 11 is 7.24. The van der Waals surface area contributed by atoms with Crippen molar-refractivity contribution in [2.45, 2.75) is 25.1 Å². The third-order valence-electron chi connectivity index (χ3n) is 5.33. The molecule has 1 N–H and O–H groups in total. The molecule has 9 heteroatoms. The van der Waals surface area contributed by atoms with E-state index in [1.54, 1.807) is 60.4 Å². The number of benzene rings is 3. The third-order valence-corrected chi connectivity index (χ3v) is 6.77. The Labute approximate surface area is 218 Å². The van der Waals surface area contributed by atoms with Crippen molar-refractivity contribution < 1.29 is 19.1 Å². The number of anilines is 1. The molecule has 0 spiro atoms. The molecule has 3 aromatic carbocycles. The molecule has 0 aromatic heterocycles. The SMILES string of the molecule is CCOC(=O)c1ccc(N=C2S[C@@H](C(=O)Nc3ccccc3)CC(=O)N2Cc2ccc(Cl)cc2)cc1. The van der Waals surface area contributed by atoms with Gasteiger partial charge < -0.3 is 10.1 Å². The van der Waals surface area contributed by atoms with Crippen molar-refractivity contribution in [1.82, 2.24) is 4.90 Å². The molecule has 36 heavy (non-hydrogen) atoms.